The van der Waals surface area contributed by atoms with Crippen LogP contribution >= 0.6 is 0 Å². The van der Waals surface area contributed by atoms with Crippen molar-refractivity contribution in [2.24, 2.45) is 11.8 Å². The maximum Gasteiger partial charge on any atom is 0.108 e. The number of aliphatic hydroxyl groups excluding tert-OH is 1. The van der Waals surface area contributed by atoms with E-state index in [1.807, 2.05) is 0 Å². The van der Waals surface area contributed by atoms with Gasteiger partial charge >= 0.3 is 0 Å². The number of rotatable bonds is 1. The topological polar surface area (TPSA) is 44.3 Å². The maximum absolute atomic E-state index is 9.97. The first kappa shape index (κ1) is 10.4. The second-order valence-electron chi connectivity index (χ2n) is 4.65. The largest absolute Gasteiger partial charge is 0.378 e. The summed E-state index contributed by atoms with van der Waals surface area (Å²) in [5.74, 6) is 1.23. The molecule has 0 aromatic rings. The Hall–Kier alpha value is -0.120. The summed E-state index contributed by atoms with van der Waals surface area (Å²) in [4.78, 5) is 0. The molecule has 3 nitrogen and oxygen atoms in total. The third-order valence-corrected chi connectivity index (χ3v) is 3.71. The van der Waals surface area contributed by atoms with E-state index in [0.29, 0.717) is 5.92 Å². The molecule has 2 fully saturated rings. The molecular formula is C11H22N2O. The summed E-state index contributed by atoms with van der Waals surface area (Å²) in [5, 5.41) is 16.6. The van der Waals surface area contributed by atoms with Gasteiger partial charge in [-0.2, -0.15) is 0 Å². The lowest BCUT2D eigenvalue weighted by Gasteiger charge is -2.32. The minimum absolute atomic E-state index is 0.249. The predicted octanol–water partition coefficient (Wildman–Crippen LogP) is 0.694. The smallest absolute Gasteiger partial charge is 0.108 e. The van der Waals surface area contributed by atoms with Gasteiger partial charge in [0.15, 0.2) is 0 Å². The molecule has 2 heterocycles. The highest BCUT2D eigenvalue weighted by molar-refractivity contribution is 4.81. The Balaban J connectivity index is 1.91. The van der Waals surface area contributed by atoms with Crippen LogP contribution in [-0.2, 0) is 0 Å². The zero-order valence-electron chi connectivity index (χ0n) is 8.84. The van der Waals surface area contributed by atoms with Gasteiger partial charge in [0, 0.05) is 5.92 Å². The first-order valence-corrected chi connectivity index (χ1v) is 6.00. The van der Waals surface area contributed by atoms with Gasteiger partial charge < -0.3 is 10.4 Å². The fourth-order valence-corrected chi connectivity index (χ4v) is 2.83. The minimum Gasteiger partial charge on any atom is -0.378 e. The number of aliphatic hydroxyl groups is 1. The van der Waals surface area contributed by atoms with Crippen molar-refractivity contribution in [3.63, 3.8) is 0 Å². The molecule has 0 spiro atoms. The van der Waals surface area contributed by atoms with E-state index in [1.165, 1.54) is 32.1 Å². The normalized spacial score (nSPS) is 36.6. The molecule has 14 heavy (non-hydrogen) atoms. The lowest BCUT2D eigenvalue weighted by molar-refractivity contribution is 0.0381. The van der Waals surface area contributed by atoms with Crippen LogP contribution < -0.4 is 10.6 Å². The first-order chi connectivity index (χ1) is 6.88. The first-order valence-electron chi connectivity index (χ1n) is 6.00. The zero-order chi connectivity index (χ0) is 9.80. The second kappa shape index (κ2) is 5.10. The van der Waals surface area contributed by atoms with Crippen molar-refractivity contribution in [2.45, 2.75) is 38.3 Å². The van der Waals surface area contributed by atoms with E-state index in [2.05, 4.69) is 10.6 Å². The standard InChI is InChI=1S/C11H22N2O/c14-11-10(3-1-2-6-13-11)9-4-7-12-8-5-9/h9-14H,1-8H2. The van der Waals surface area contributed by atoms with Gasteiger partial charge in [0.1, 0.15) is 6.23 Å². The molecule has 3 heteroatoms. The van der Waals surface area contributed by atoms with Crippen LogP contribution in [0.1, 0.15) is 32.1 Å². The zero-order valence-corrected chi connectivity index (χ0v) is 8.84. The van der Waals surface area contributed by atoms with Crippen molar-refractivity contribution in [1.29, 1.82) is 0 Å². The molecule has 0 saturated carbocycles. The highest BCUT2D eigenvalue weighted by atomic mass is 16.3. The van der Waals surface area contributed by atoms with Crippen LogP contribution in [0.3, 0.4) is 0 Å². The Morgan fingerprint density at radius 2 is 1.71 bits per heavy atom. The lowest BCUT2D eigenvalue weighted by atomic mass is 9.81. The SMILES string of the molecule is OC1NCCCCC1C1CCNCC1. The average molecular weight is 198 g/mol. The van der Waals surface area contributed by atoms with E-state index in [4.69, 9.17) is 0 Å². The van der Waals surface area contributed by atoms with Crippen LogP contribution in [0.25, 0.3) is 0 Å². The van der Waals surface area contributed by atoms with Crippen LogP contribution in [0, 0.1) is 11.8 Å². The maximum atomic E-state index is 9.97. The van der Waals surface area contributed by atoms with E-state index >= 15 is 0 Å². The Morgan fingerprint density at radius 3 is 2.50 bits per heavy atom. The minimum atomic E-state index is -0.249. The number of hydrogen-bond donors (Lipinski definition) is 3. The fraction of sp³-hybridized carbons (Fsp3) is 1.00. The number of hydrogen-bond acceptors (Lipinski definition) is 3. The molecule has 82 valence electrons. The highest BCUT2D eigenvalue weighted by Crippen LogP contribution is 2.29. The highest BCUT2D eigenvalue weighted by Gasteiger charge is 2.29. The predicted molar refractivity (Wildman–Crippen MR) is 56.9 cm³/mol. The van der Waals surface area contributed by atoms with Gasteiger partial charge in [-0.1, -0.05) is 6.42 Å². The molecule has 0 radical (unpaired) electrons. The van der Waals surface area contributed by atoms with Crippen LogP contribution in [0.5, 0.6) is 0 Å². The van der Waals surface area contributed by atoms with E-state index < -0.39 is 0 Å². The summed E-state index contributed by atoms with van der Waals surface area (Å²) in [6, 6.07) is 0. The molecule has 0 amide bonds. The Kier molecular flexibility index (Phi) is 3.79. The number of piperidine rings is 1. The van der Waals surface area contributed by atoms with Gasteiger partial charge in [-0.3, -0.25) is 5.32 Å². The summed E-state index contributed by atoms with van der Waals surface area (Å²) in [7, 11) is 0. The van der Waals surface area contributed by atoms with Crippen LogP contribution in [0.15, 0.2) is 0 Å². The van der Waals surface area contributed by atoms with Crippen LogP contribution in [0.2, 0.25) is 0 Å². The van der Waals surface area contributed by atoms with Crippen molar-refractivity contribution in [3.05, 3.63) is 0 Å². The summed E-state index contributed by atoms with van der Waals surface area (Å²) in [5.41, 5.74) is 0. The Morgan fingerprint density at radius 1 is 0.929 bits per heavy atom. The third-order valence-electron chi connectivity index (χ3n) is 3.71. The van der Waals surface area contributed by atoms with E-state index in [-0.39, 0.29) is 6.23 Å². The van der Waals surface area contributed by atoms with Crippen molar-refractivity contribution >= 4 is 0 Å². The molecule has 2 rings (SSSR count). The monoisotopic (exact) mass is 198 g/mol. The Labute approximate surface area is 86.3 Å². The molecule has 0 aromatic heterocycles. The lowest BCUT2D eigenvalue weighted by Crippen LogP contribution is -2.41. The van der Waals surface area contributed by atoms with E-state index in [0.717, 1.165) is 25.6 Å². The second-order valence-corrected chi connectivity index (χ2v) is 4.65. The molecule has 2 saturated heterocycles. The van der Waals surface area contributed by atoms with Gasteiger partial charge in [-0.15, -0.1) is 0 Å². The summed E-state index contributed by atoms with van der Waals surface area (Å²) in [6.45, 7) is 3.25. The summed E-state index contributed by atoms with van der Waals surface area (Å²) in [6.07, 6.45) is 5.93. The molecule has 3 N–H and O–H groups in total. The van der Waals surface area contributed by atoms with Gasteiger partial charge in [0.2, 0.25) is 0 Å². The summed E-state index contributed by atoms with van der Waals surface area (Å²) < 4.78 is 0. The van der Waals surface area contributed by atoms with Crippen LogP contribution in [0.4, 0.5) is 0 Å². The molecule has 0 aromatic carbocycles. The van der Waals surface area contributed by atoms with Crippen LogP contribution in [-0.4, -0.2) is 31.0 Å². The molecule has 2 aliphatic heterocycles. The molecule has 2 unspecified atom stereocenters. The quantitative estimate of drug-likeness (QED) is 0.581. The van der Waals surface area contributed by atoms with Crippen molar-refractivity contribution in [3.8, 4) is 0 Å². The van der Waals surface area contributed by atoms with E-state index in [1.54, 1.807) is 0 Å². The Bertz CT molecular complexity index is 169. The molecule has 0 bridgehead atoms. The fourth-order valence-electron chi connectivity index (χ4n) is 2.83. The van der Waals surface area contributed by atoms with Crippen molar-refractivity contribution < 1.29 is 5.11 Å². The third kappa shape index (κ3) is 2.47. The molecule has 0 aliphatic carbocycles. The van der Waals surface area contributed by atoms with Gasteiger partial charge in [-0.05, 0) is 51.2 Å². The summed E-state index contributed by atoms with van der Waals surface area (Å²) >= 11 is 0. The van der Waals surface area contributed by atoms with Gasteiger partial charge in [0.25, 0.3) is 0 Å². The molecule has 2 atom stereocenters. The van der Waals surface area contributed by atoms with E-state index in [9.17, 15) is 5.11 Å². The van der Waals surface area contributed by atoms with Crippen molar-refractivity contribution in [1.82, 2.24) is 10.6 Å². The van der Waals surface area contributed by atoms with Gasteiger partial charge in [0.05, 0.1) is 0 Å². The molecular weight excluding hydrogens is 176 g/mol. The average Bonchev–Trinajstić information content (AvgIpc) is 2.44. The number of nitrogens with one attached hydrogen (secondary N) is 2. The molecule has 2 aliphatic rings. The van der Waals surface area contributed by atoms with Crippen molar-refractivity contribution in [2.75, 3.05) is 19.6 Å². The van der Waals surface area contributed by atoms with Gasteiger partial charge in [-0.25, -0.2) is 0 Å².